The number of para-hydroxylation sites is 1. The molecule has 0 amide bonds. The van der Waals surface area contributed by atoms with Crippen LogP contribution in [0.4, 0.5) is 0 Å². The summed E-state index contributed by atoms with van der Waals surface area (Å²) in [6, 6.07) is 7.49. The Kier molecular flexibility index (Phi) is 2.48. The predicted molar refractivity (Wildman–Crippen MR) is 57.9 cm³/mol. The van der Waals surface area contributed by atoms with E-state index in [2.05, 4.69) is 21.0 Å². The molecule has 5 heteroatoms. The number of benzene rings is 1. The molecular formula is C9H6BrClN2O. The van der Waals surface area contributed by atoms with Gasteiger partial charge in [-0.25, -0.2) is 4.68 Å². The molecule has 0 unspecified atom stereocenters. The van der Waals surface area contributed by atoms with Gasteiger partial charge in [0.25, 0.3) is 0 Å². The minimum atomic E-state index is -0.0255. The van der Waals surface area contributed by atoms with Crippen molar-refractivity contribution in [2.24, 2.45) is 0 Å². The van der Waals surface area contributed by atoms with Gasteiger partial charge in [-0.05, 0) is 28.1 Å². The summed E-state index contributed by atoms with van der Waals surface area (Å²) in [5, 5.41) is 13.4. The molecule has 2 rings (SSSR count). The van der Waals surface area contributed by atoms with Crippen molar-refractivity contribution in [1.82, 2.24) is 9.78 Å². The number of aromatic hydroxyl groups is 1. The van der Waals surface area contributed by atoms with Gasteiger partial charge in [0.05, 0.1) is 11.9 Å². The van der Waals surface area contributed by atoms with Crippen molar-refractivity contribution in [2.75, 3.05) is 0 Å². The zero-order valence-corrected chi connectivity index (χ0v) is 9.33. The Morgan fingerprint density at radius 3 is 2.64 bits per heavy atom. The van der Waals surface area contributed by atoms with Crippen LogP contribution < -0.4 is 0 Å². The Labute approximate surface area is 94.1 Å². The molecule has 1 aromatic carbocycles. The van der Waals surface area contributed by atoms with E-state index >= 15 is 0 Å². The Hall–Kier alpha value is -1.000. The third-order valence-corrected chi connectivity index (χ3v) is 2.80. The Bertz CT molecular complexity index is 470. The van der Waals surface area contributed by atoms with Gasteiger partial charge in [-0.2, -0.15) is 5.10 Å². The lowest BCUT2D eigenvalue weighted by Gasteiger charge is -2.04. The van der Waals surface area contributed by atoms with Gasteiger partial charge < -0.3 is 5.11 Å². The Morgan fingerprint density at radius 2 is 2.07 bits per heavy atom. The van der Waals surface area contributed by atoms with Crippen LogP contribution in [0.2, 0.25) is 5.15 Å². The highest BCUT2D eigenvalue weighted by Gasteiger charge is 2.10. The molecule has 0 saturated heterocycles. The molecule has 0 radical (unpaired) electrons. The van der Waals surface area contributed by atoms with E-state index in [-0.39, 0.29) is 10.9 Å². The van der Waals surface area contributed by atoms with E-state index in [1.54, 1.807) is 0 Å². The Morgan fingerprint density at radius 1 is 1.36 bits per heavy atom. The van der Waals surface area contributed by atoms with Crippen molar-refractivity contribution >= 4 is 27.5 Å². The van der Waals surface area contributed by atoms with Crippen LogP contribution in [0.3, 0.4) is 0 Å². The van der Waals surface area contributed by atoms with Crippen molar-refractivity contribution in [1.29, 1.82) is 0 Å². The van der Waals surface area contributed by atoms with E-state index in [4.69, 9.17) is 11.6 Å². The first-order valence-electron chi connectivity index (χ1n) is 3.87. The summed E-state index contributed by atoms with van der Waals surface area (Å²) in [6.07, 6.45) is 1.31. The van der Waals surface area contributed by atoms with Gasteiger partial charge in [0.1, 0.15) is 0 Å². The van der Waals surface area contributed by atoms with E-state index < -0.39 is 0 Å². The van der Waals surface area contributed by atoms with Gasteiger partial charge >= 0.3 is 0 Å². The van der Waals surface area contributed by atoms with Crippen LogP contribution in [-0.4, -0.2) is 14.9 Å². The van der Waals surface area contributed by atoms with Crippen molar-refractivity contribution < 1.29 is 5.11 Å². The highest BCUT2D eigenvalue weighted by atomic mass is 79.9. The van der Waals surface area contributed by atoms with E-state index in [1.807, 2.05) is 24.3 Å². The summed E-state index contributed by atoms with van der Waals surface area (Å²) in [6.45, 7) is 0. The summed E-state index contributed by atoms with van der Waals surface area (Å²) in [7, 11) is 0. The smallest absolute Gasteiger partial charge is 0.174 e. The second-order valence-electron chi connectivity index (χ2n) is 2.68. The summed E-state index contributed by atoms with van der Waals surface area (Å²) in [5.74, 6) is -0.0255. The number of hydrogen-bond acceptors (Lipinski definition) is 2. The molecule has 1 aromatic heterocycles. The van der Waals surface area contributed by atoms with Gasteiger partial charge in [-0.1, -0.05) is 23.7 Å². The van der Waals surface area contributed by atoms with Gasteiger partial charge in [0, 0.05) is 4.47 Å². The van der Waals surface area contributed by atoms with Crippen LogP contribution >= 0.6 is 27.5 Å². The number of nitrogens with zero attached hydrogens (tertiary/aromatic N) is 2. The first kappa shape index (κ1) is 9.55. The first-order valence-corrected chi connectivity index (χ1v) is 5.04. The average Bonchev–Trinajstić information content (AvgIpc) is 2.49. The number of aromatic nitrogens is 2. The summed E-state index contributed by atoms with van der Waals surface area (Å²) in [4.78, 5) is 0. The van der Waals surface area contributed by atoms with Crippen LogP contribution in [0, 0.1) is 0 Å². The highest BCUT2D eigenvalue weighted by Crippen LogP contribution is 2.28. The lowest BCUT2D eigenvalue weighted by molar-refractivity contribution is 0.475. The van der Waals surface area contributed by atoms with Crippen LogP contribution in [0.5, 0.6) is 5.75 Å². The van der Waals surface area contributed by atoms with Crippen molar-refractivity contribution in [3.8, 4) is 11.4 Å². The zero-order chi connectivity index (χ0) is 10.1. The van der Waals surface area contributed by atoms with Gasteiger partial charge in [0.2, 0.25) is 0 Å². The monoisotopic (exact) mass is 272 g/mol. The molecule has 0 aliphatic heterocycles. The van der Waals surface area contributed by atoms with Gasteiger partial charge in [-0.3, -0.25) is 0 Å². The molecule has 0 aliphatic carbocycles. The lowest BCUT2D eigenvalue weighted by atomic mass is 10.3. The lowest BCUT2D eigenvalue weighted by Crippen LogP contribution is -1.96. The van der Waals surface area contributed by atoms with Crippen molar-refractivity contribution in [2.45, 2.75) is 0 Å². The molecule has 1 N–H and O–H groups in total. The topological polar surface area (TPSA) is 38.1 Å². The van der Waals surface area contributed by atoms with Gasteiger partial charge in [-0.15, -0.1) is 0 Å². The van der Waals surface area contributed by atoms with E-state index in [9.17, 15) is 5.11 Å². The fraction of sp³-hybridized carbons (Fsp3) is 0. The fourth-order valence-corrected chi connectivity index (χ4v) is 1.75. The molecule has 0 aliphatic rings. The minimum absolute atomic E-state index is 0.0255. The number of rotatable bonds is 1. The quantitative estimate of drug-likeness (QED) is 0.867. The standard InChI is InChI=1S/C9H6BrClN2O/c10-6-3-1-2-4-7(6)13-9(11)8(14)5-12-13/h1-5,14H. The molecule has 0 fully saturated rings. The molecule has 0 atom stereocenters. The summed E-state index contributed by atoms with van der Waals surface area (Å²) < 4.78 is 2.33. The maximum Gasteiger partial charge on any atom is 0.174 e. The Balaban J connectivity index is 2.60. The van der Waals surface area contributed by atoms with Crippen LogP contribution in [0.15, 0.2) is 34.9 Å². The molecule has 14 heavy (non-hydrogen) atoms. The molecule has 0 spiro atoms. The second-order valence-corrected chi connectivity index (χ2v) is 3.90. The zero-order valence-electron chi connectivity index (χ0n) is 6.98. The second kappa shape index (κ2) is 3.63. The molecule has 3 nitrogen and oxygen atoms in total. The summed E-state index contributed by atoms with van der Waals surface area (Å²) in [5.41, 5.74) is 0.790. The highest BCUT2D eigenvalue weighted by molar-refractivity contribution is 9.10. The number of hydrogen-bond donors (Lipinski definition) is 1. The predicted octanol–water partition coefficient (Wildman–Crippen LogP) is 2.99. The SMILES string of the molecule is Oc1cnn(-c2ccccc2Br)c1Cl. The van der Waals surface area contributed by atoms with Crippen molar-refractivity contribution in [3.05, 3.63) is 40.1 Å². The van der Waals surface area contributed by atoms with Crippen molar-refractivity contribution in [3.63, 3.8) is 0 Å². The van der Waals surface area contributed by atoms with Crippen LogP contribution in [0.1, 0.15) is 0 Å². The molecule has 72 valence electrons. The summed E-state index contributed by atoms with van der Waals surface area (Å²) >= 11 is 9.22. The maximum atomic E-state index is 9.26. The third kappa shape index (κ3) is 1.51. The molecular weight excluding hydrogens is 267 g/mol. The average molecular weight is 274 g/mol. The third-order valence-electron chi connectivity index (χ3n) is 1.77. The van der Waals surface area contributed by atoms with E-state index in [0.29, 0.717) is 0 Å². The molecule has 2 aromatic rings. The normalized spacial score (nSPS) is 10.4. The first-order chi connectivity index (χ1) is 6.70. The number of halogens is 2. The molecule has 0 bridgehead atoms. The van der Waals surface area contributed by atoms with Crippen LogP contribution in [-0.2, 0) is 0 Å². The molecule has 0 saturated carbocycles. The molecule has 1 heterocycles. The largest absolute Gasteiger partial charge is 0.504 e. The minimum Gasteiger partial charge on any atom is -0.504 e. The fourth-order valence-electron chi connectivity index (χ4n) is 1.12. The maximum absolute atomic E-state index is 9.26. The van der Waals surface area contributed by atoms with Crippen LogP contribution in [0.25, 0.3) is 5.69 Å². The van der Waals surface area contributed by atoms with E-state index in [0.717, 1.165) is 10.2 Å². The van der Waals surface area contributed by atoms with Gasteiger partial charge in [0.15, 0.2) is 10.9 Å². The van der Waals surface area contributed by atoms with E-state index in [1.165, 1.54) is 10.9 Å².